The molecule has 0 fully saturated rings. The van der Waals surface area contributed by atoms with Crippen LogP contribution < -0.4 is 5.32 Å². The van der Waals surface area contributed by atoms with Crippen molar-refractivity contribution in [3.05, 3.63) is 22.8 Å². The van der Waals surface area contributed by atoms with E-state index in [9.17, 15) is 19.7 Å². The minimum absolute atomic E-state index is 0.0924. The SMILES string of the molecule is C=CCC(C(=O)N[C@H](C(=O)OC)C(C)C)[N+](=O)[O-]. The van der Waals surface area contributed by atoms with Gasteiger partial charge in [-0.25, -0.2) is 4.79 Å². The fraction of sp³-hybridized carbons (Fsp3) is 0.636. The number of hydrogen-bond acceptors (Lipinski definition) is 5. The van der Waals surface area contributed by atoms with Gasteiger partial charge in [-0.3, -0.25) is 14.9 Å². The zero-order valence-electron chi connectivity index (χ0n) is 10.7. The lowest BCUT2D eigenvalue weighted by Gasteiger charge is -2.20. The molecule has 0 rings (SSSR count). The third-order valence-electron chi connectivity index (χ3n) is 2.37. The molecule has 0 heterocycles. The fourth-order valence-electron chi connectivity index (χ4n) is 1.32. The Hall–Kier alpha value is -1.92. The number of nitrogens with one attached hydrogen (secondary N) is 1. The van der Waals surface area contributed by atoms with Gasteiger partial charge in [0.05, 0.1) is 7.11 Å². The van der Waals surface area contributed by atoms with Crippen molar-refractivity contribution in [2.24, 2.45) is 5.92 Å². The highest BCUT2D eigenvalue weighted by molar-refractivity contribution is 5.87. The number of hydrogen-bond donors (Lipinski definition) is 1. The Balaban J connectivity index is 4.81. The summed E-state index contributed by atoms with van der Waals surface area (Å²) in [7, 11) is 1.19. The van der Waals surface area contributed by atoms with Gasteiger partial charge in [0.2, 0.25) is 0 Å². The predicted octanol–water partition coefficient (Wildman–Crippen LogP) is 0.522. The Bertz CT molecular complexity index is 340. The highest BCUT2D eigenvalue weighted by atomic mass is 16.6. The van der Waals surface area contributed by atoms with Crippen LogP contribution >= 0.6 is 0 Å². The first-order chi connectivity index (χ1) is 8.34. The van der Waals surface area contributed by atoms with E-state index in [1.54, 1.807) is 13.8 Å². The molecule has 0 aliphatic rings. The summed E-state index contributed by atoms with van der Waals surface area (Å²) in [5.74, 6) is -1.67. The molecule has 1 amide bonds. The van der Waals surface area contributed by atoms with Crippen LogP contribution in [0, 0.1) is 16.0 Å². The van der Waals surface area contributed by atoms with Gasteiger partial charge >= 0.3 is 5.97 Å². The van der Waals surface area contributed by atoms with Crippen molar-refractivity contribution in [3.63, 3.8) is 0 Å². The second-order valence-electron chi connectivity index (χ2n) is 4.08. The normalized spacial score (nSPS) is 13.6. The molecule has 0 aromatic carbocycles. The van der Waals surface area contributed by atoms with Crippen molar-refractivity contribution in [3.8, 4) is 0 Å². The maximum Gasteiger partial charge on any atom is 0.328 e. The molecule has 0 aromatic heterocycles. The summed E-state index contributed by atoms with van der Waals surface area (Å²) >= 11 is 0. The molecule has 1 unspecified atom stereocenters. The maximum atomic E-state index is 11.7. The third-order valence-corrected chi connectivity index (χ3v) is 2.37. The van der Waals surface area contributed by atoms with Gasteiger partial charge in [-0.2, -0.15) is 0 Å². The lowest BCUT2D eigenvalue weighted by atomic mass is 10.0. The number of esters is 1. The van der Waals surface area contributed by atoms with Gasteiger partial charge in [0.15, 0.2) is 0 Å². The highest BCUT2D eigenvalue weighted by Gasteiger charge is 2.33. The van der Waals surface area contributed by atoms with Crippen molar-refractivity contribution in [1.29, 1.82) is 0 Å². The molecular formula is C11H18N2O5. The number of nitro groups is 1. The van der Waals surface area contributed by atoms with E-state index in [1.165, 1.54) is 13.2 Å². The minimum Gasteiger partial charge on any atom is -0.467 e. The number of rotatable bonds is 7. The lowest BCUT2D eigenvalue weighted by Crippen LogP contribution is -2.50. The smallest absolute Gasteiger partial charge is 0.328 e. The lowest BCUT2D eigenvalue weighted by molar-refractivity contribution is -0.507. The van der Waals surface area contributed by atoms with E-state index in [-0.39, 0.29) is 12.3 Å². The Morgan fingerprint density at radius 2 is 2.06 bits per heavy atom. The summed E-state index contributed by atoms with van der Waals surface area (Å²) in [6.07, 6.45) is 1.19. The molecule has 0 aliphatic heterocycles. The summed E-state index contributed by atoms with van der Waals surface area (Å²) in [4.78, 5) is 33.1. The van der Waals surface area contributed by atoms with Crippen molar-refractivity contribution in [2.45, 2.75) is 32.4 Å². The topological polar surface area (TPSA) is 98.5 Å². The van der Waals surface area contributed by atoms with Crippen LogP contribution in [-0.4, -0.2) is 36.0 Å². The van der Waals surface area contributed by atoms with Gasteiger partial charge in [0.25, 0.3) is 11.9 Å². The van der Waals surface area contributed by atoms with Crippen LogP contribution in [0.2, 0.25) is 0 Å². The number of carbonyl (C=O) groups is 2. The standard InChI is InChI=1S/C11H18N2O5/c1-5-6-8(13(16)17)10(14)12-9(7(2)3)11(15)18-4/h5,7-9H,1,6H2,2-4H3,(H,12,14)/t8?,9-/m0/s1. The van der Waals surface area contributed by atoms with E-state index in [1.807, 2.05) is 0 Å². The third kappa shape index (κ3) is 4.52. The first-order valence-electron chi connectivity index (χ1n) is 5.47. The highest BCUT2D eigenvalue weighted by Crippen LogP contribution is 2.06. The van der Waals surface area contributed by atoms with E-state index in [4.69, 9.17) is 0 Å². The van der Waals surface area contributed by atoms with E-state index in [0.29, 0.717) is 0 Å². The molecule has 102 valence electrons. The molecule has 18 heavy (non-hydrogen) atoms. The molecule has 1 N–H and O–H groups in total. The molecule has 7 heteroatoms. The molecule has 7 nitrogen and oxygen atoms in total. The summed E-state index contributed by atoms with van der Waals surface area (Å²) in [5.41, 5.74) is 0. The Kier molecular flexibility index (Phi) is 6.62. The summed E-state index contributed by atoms with van der Waals surface area (Å²) in [5, 5.41) is 13.0. The average molecular weight is 258 g/mol. The van der Waals surface area contributed by atoms with Crippen LogP contribution in [0.15, 0.2) is 12.7 Å². The predicted molar refractivity (Wildman–Crippen MR) is 64.4 cm³/mol. The maximum absolute atomic E-state index is 11.7. The van der Waals surface area contributed by atoms with E-state index >= 15 is 0 Å². The summed E-state index contributed by atoms with van der Waals surface area (Å²) in [6.45, 7) is 6.76. The van der Waals surface area contributed by atoms with Crippen molar-refractivity contribution in [2.75, 3.05) is 7.11 Å². The first-order valence-corrected chi connectivity index (χ1v) is 5.47. The van der Waals surface area contributed by atoms with E-state index < -0.39 is 28.9 Å². The van der Waals surface area contributed by atoms with Crippen LogP contribution in [0.3, 0.4) is 0 Å². The van der Waals surface area contributed by atoms with Crippen molar-refractivity contribution < 1.29 is 19.2 Å². The number of ether oxygens (including phenoxy) is 1. The van der Waals surface area contributed by atoms with Crippen LogP contribution in [0.25, 0.3) is 0 Å². The molecule has 2 atom stereocenters. The van der Waals surface area contributed by atoms with Crippen LogP contribution in [0.5, 0.6) is 0 Å². The van der Waals surface area contributed by atoms with Gasteiger partial charge in [-0.1, -0.05) is 19.9 Å². The van der Waals surface area contributed by atoms with E-state index in [0.717, 1.165) is 0 Å². The molecular weight excluding hydrogens is 240 g/mol. The van der Waals surface area contributed by atoms with Gasteiger partial charge in [-0.15, -0.1) is 6.58 Å². The Labute approximate surface area is 105 Å². The number of amides is 1. The Morgan fingerprint density at radius 1 is 1.50 bits per heavy atom. The van der Waals surface area contributed by atoms with Crippen molar-refractivity contribution >= 4 is 11.9 Å². The minimum atomic E-state index is -1.44. The summed E-state index contributed by atoms with van der Waals surface area (Å²) < 4.78 is 4.53. The first kappa shape index (κ1) is 16.1. The van der Waals surface area contributed by atoms with Crippen molar-refractivity contribution in [1.82, 2.24) is 5.32 Å². The largest absolute Gasteiger partial charge is 0.467 e. The molecule has 0 aliphatic carbocycles. The monoisotopic (exact) mass is 258 g/mol. The van der Waals surface area contributed by atoms with Crippen LogP contribution in [0.4, 0.5) is 0 Å². The molecule has 0 saturated heterocycles. The molecule has 0 aromatic rings. The molecule has 0 spiro atoms. The molecule has 0 bridgehead atoms. The van der Waals surface area contributed by atoms with Gasteiger partial charge in [-0.05, 0) is 5.92 Å². The summed E-state index contributed by atoms with van der Waals surface area (Å²) in [6, 6.07) is -2.33. The van der Waals surface area contributed by atoms with Gasteiger partial charge in [0, 0.05) is 11.3 Å². The quantitative estimate of drug-likeness (QED) is 0.310. The zero-order chi connectivity index (χ0) is 14.3. The fourth-order valence-corrected chi connectivity index (χ4v) is 1.32. The number of carbonyl (C=O) groups excluding carboxylic acids is 2. The van der Waals surface area contributed by atoms with Crippen LogP contribution in [-0.2, 0) is 14.3 Å². The molecule has 0 radical (unpaired) electrons. The second kappa shape index (κ2) is 7.41. The van der Waals surface area contributed by atoms with Crippen LogP contribution in [0.1, 0.15) is 20.3 Å². The van der Waals surface area contributed by atoms with Gasteiger partial charge in [0.1, 0.15) is 6.04 Å². The molecule has 0 saturated carbocycles. The average Bonchev–Trinajstić information content (AvgIpc) is 2.30. The van der Waals surface area contributed by atoms with E-state index in [2.05, 4.69) is 16.6 Å². The second-order valence-corrected chi connectivity index (χ2v) is 4.08. The number of nitrogens with zero attached hydrogens (tertiary/aromatic N) is 1. The van der Waals surface area contributed by atoms with Gasteiger partial charge < -0.3 is 10.1 Å². The number of methoxy groups -OCH3 is 1. The Morgan fingerprint density at radius 3 is 2.39 bits per heavy atom. The zero-order valence-corrected chi connectivity index (χ0v) is 10.7.